The van der Waals surface area contributed by atoms with Gasteiger partial charge in [-0.05, 0) is 26.2 Å². The van der Waals surface area contributed by atoms with Crippen LogP contribution >= 0.6 is 0 Å². The largest absolute Gasteiger partial charge is 0.300 e. The Morgan fingerprint density at radius 2 is 2.27 bits per heavy atom. The Labute approximate surface area is 68.2 Å². The molecular formula is C9H15NO. The Balaban J connectivity index is 3.38. The van der Waals surface area contributed by atoms with Crippen molar-refractivity contribution in [2.75, 3.05) is 0 Å². The van der Waals surface area contributed by atoms with Crippen LogP contribution in [0.15, 0.2) is 0 Å². The summed E-state index contributed by atoms with van der Waals surface area (Å²) in [7, 11) is 0. The van der Waals surface area contributed by atoms with Gasteiger partial charge in [-0.3, -0.25) is 0 Å². The molecule has 0 aromatic rings. The molecule has 2 nitrogen and oxygen atoms in total. The number of rotatable bonds is 5. The molecule has 2 heteroatoms. The first kappa shape index (κ1) is 10.2. The molecule has 0 aliphatic rings. The van der Waals surface area contributed by atoms with Gasteiger partial charge in [0.15, 0.2) is 0 Å². The van der Waals surface area contributed by atoms with E-state index in [0.29, 0.717) is 6.42 Å². The number of Topliss-reactive ketones (excluding diaryl/α,β-unsaturated/α-hetero) is 1. The average molecular weight is 153 g/mol. The van der Waals surface area contributed by atoms with Crippen molar-refractivity contribution in [1.82, 2.24) is 0 Å². The molecule has 0 N–H and O–H groups in total. The predicted molar refractivity (Wildman–Crippen MR) is 43.9 cm³/mol. The van der Waals surface area contributed by atoms with Gasteiger partial charge < -0.3 is 4.79 Å². The normalized spacial score (nSPS) is 12.1. The van der Waals surface area contributed by atoms with Crippen LogP contribution in [-0.4, -0.2) is 5.78 Å². The number of hydrogen-bond acceptors (Lipinski definition) is 2. The fourth-order valence-corrected chi connectivity index (χ4v) is 0.957. The SMILES string of the molecule is CCC(C#N)CCCC(C)=O. The minimum absolute atomic E-state index is 0.148. The van der Waals surface area contributed by atoms with Crippen LogP contribution in [0.2, 0.25) is 0 Å². The van der Waals surface area contributed by atoms with Gasteiger partial charge in [0, 0.05) is 12.3 Å². The fourth-order valence-electron chi connectivity index (χ4n) is 0.957. The third-order valence-corrected chi connectivity index (χ3v) is 1.76. The molecule has 0 aliphatic heterocycles. The van der Waals surface area contributed by atoms with E-state index in [0.717, 1.165) is 19.3 Å². The van der Waals surface area contributed by atoms with Crippen LogP contribution in [0.5, 0.6) is 0 Å². The number of hydrogen-bond donors (Lipinski definition) is 0. The second kappa shape index (κ2) is 5.91. The van der Waals surface area contributed by atoms with Crippen LogP contribution in [0, 0.1) is 17.2 Å². The van der Waals surface area contributed by atoms with Crippen molar-refractivity contribution in [3.63, 3.8) is 0 Å². The molecule has 62 valence electrons. The minimum atomic E-state index is 0.148. The molecule has 0 heterocycles. The summed E-state index contributed by atoms with van der Waals surface area (Å²) in [5.74, 6) is 0.368. The van der Waals surface area contributed by atoms with E-state index in [1.807, 2.05) is 6.92 Å². The van der Waals surface area contributed by atoms with E-state index >= 15 is 0 Å². The maximum absolute atomic E-state index is 10.5. The number of nitriles is 1. The smallest absolute Gasteiger partial charge is 0.129 e. The van der Waals surface area contributed by atoms with E-state index in [-0.39, 0.29) is 11.7 Å². The van der Waals surface area contributed by atoms with E-state index in [9.17, 15) is 4.79 Å². The first-order valence-corrected chi connectivity index (χ1v) is 4.09. The highest BCUT2D eigenvalue weighted by atomic mass is 16.1. The van der Waals surface area contributed by atoms with Gasteiger partial charge in [0.2, 0.25) is 0 Å². The van der Waals surface area contributed by atoms with Gasteiger partial charge in [-0.1, -0.05) is 6.92 Å². The molecule has 0 fully saturated rings. The zero-order chi connectivity index (χ0) is 8.69. The van der Waals surface area contributed by atoms with Gasteiger partial charge in [-0.2, -0.15) is 5.26 Å². The van der Waals surface area contributed by atoms with Crippen molar-refractivity contribution in [3.8, 4) is 6.07 Å². The lowest BCUT2D eigenvalue weighted by atomic mass is 10.0. The quantitative estimate of drug-likeness (QED) is 0.608. The first-order valence-electron chi connectivity index (χ1n) is 4.09. The zero-order valence-electron chi connectivity index (χ0n) is 7.26. The van der Waals surface area contributed by atoms with Crippen molar-refractivity contribution in [3.05, 3.63) is 0 Å². The molecule has 0 aliphatic carbocycles. The Morgan fingerprint density at radius 1 is 1.64 bits per heavy atom. The maximum Gasteiger partial charge on any atom is 0.129 e. The second-order valence-electron chi connectivity index (χ2n) is 2.83. The number of ketones is 1. The molecule has 0 aromatic heterocycles. The minimum Gasteiger partial charge on any atom is -0.300 e. The van der Waals surface area contributed by atoms with Crippen LogP contribution in [0.1, 0.15) is 39.5 Å². The predicted octanol–water partition coefficient (Wildman–Crippen LogP) is 2.30. The summed E-state index contributed by atoms with van der Waals surface area (Å²) in [6, 6.07) is 2.21. The highest BCUT2D eigenvalue weighted by molar-refractivity contribution is 5.75. The van der Waals surface area contributed by atoms with Gasteiger partial charge in [0.1, 0.15) is 5.78 Å². The number of carbonyl (C=O) groups excluding carboxylic acids is 1. The highest BCUT2D eigenvalue weighted by Gasteiger charge is 2.03. The lowest BCUT2D eigenvalue weighted by molar-refractivity contribution is -0.117. The van der Waals surface area contributed by atoms with Crippen LogP contribution in [-0.2, 0) is 4.79 Å². The Morgan fingerprint density at radius 3 is 2.64 bits per heavy atom. The summed E-state index contributed by atoms with van der Waals surface area (Å²) < 4.78 is 0. The second-order valence-corrected chi connectivity index (χ2v) is 2.83. The zero-order valence-corrected chi connectivity index (χ0v) is 7.26. The molecule has 0 saturated carbocycles. The third-order valence-electron chi connectivity index (χ3n) is 1.76. The molecule has 0 saturated heterocycles. The summed E-state index contributed by atoms with van der Waals surface area (Å²) in [6.45, 7) is 3.59. The molecule has 0 rings (SSSR count). The van der Waals surface area contributed by atoms with Crippen LogP contribution in [0.3, 0.4) is 0 Å². The van der Waals surface area contributed by atoms with Crippen LogP contribution in [0.25, 0.3) is 0 Å². The fraction of sp³-hybridized carbons (Fsp3) is 0.778. The molecule has 0 amide bonds. The van der Waals surface area contributed by atoms with Crippen molar-refractivity contribution in [2.45, 2.75) is 39.5 Å². The van der Waals surface area contributed by atoms with Crippen molar-refractivity contribution in [1.29, 1.82) is 5.26 Å². The summed E-state index contributed by atoms with van der Waals surface area (Å²) in [4.78, 5) is 10.5. The highest BCUT2D eigenvalue weighted by Crippen LogP contribution is 2.10. The van der Waals surface area contributed by atoms with Gasteiger partial charge in [-0.25, -0.2) is 0 Å². The van der Waals surface area contributed by atoms with Crippen molar-refractivity contribution >= 4 is 5.78 Å². The van der Waals surface area contributed by atoms with E-state index in [1.54, 1.807) is 6.92 Å². The van der Waals surface area contributed by atoms with Crippen molar-refractivity contribution < 1.29 is 4.79 Å². The first-order chi connectivity index (χ1) is 5.20. The van der Waals surface area contributed by atoms with E-state index in [2.05, 4.69) is 6.07 Å². The van der Waals surface area contributed by atoms with E-state index < -0.39 is 0 Å². The van der Waals surface area contributed by atoms with Crippen LogP contribution in [0.4, 0.5) is 0 Å². The molecule has 0 radical (unpaired) electrons. The molecular weight excluding hydrogens is 138 g/mol. The monoisotopic (exact) mass is 153 g/mol. The molecule has 1 unspecified atom stereocenters. The molecule has 0 spiro atoms. The Kier molecular flexibility index (Phi) is 5.46. The third kappa shape index (κ3) is 5.60. The van der Waals surface area contributed by atoms with Crippen LogP contribution < -0.4 is 0 Å². The lowest BCUT2D eigenvalue weighted by Crippen LogP contribution is -1.97. The molecule has 11 heavy (non-hydrogen) atoms. The van der Waals surface area contributed by atoms with E-state index in [1.165, 1.54) is 0 Å². The molecule has 0 aromatic carbocycles. The Bertz CT molecular complexity index is 157. The number of carbonyl (C=O) groups is 1. The Hall–Kier alpha value is -0.840. The number of nitrogens with zero attached hydrogens (tertiary/aromatic N) is 1. The standard InChI is InChI=1S/C9H15NO/c1-3-9(7-10)6-4-5-8(2)11/h9H,3-6H2,1-2H3. The van der Waals surface area contributed by atoms with Gasteiger partial charge >= 0.3 is 0 Å². The summed E-state index contributed by atoms with van der Waals surface area (Å²) in [5, 5.41) is 8.56. The molecule has 0 bridgehead atoms. The summed E-state index contributed by atoms with van der Waals surface area (Å²) in [6.07, 6.45) is 3.25. The van der Waals surface area contributed by atoms with Crippen molar-refractivity contribution in [2.24, 2.45) is 5.92 Å². The van der Waals surface area contributed by atoms with Gasteiger partial charge in [-0.15, -0.1) is 0 Å². The molecule has 1 atom stereocenters. The maximum atomic E-state index is 10.5. The van der Waals surface area contributed by atoms with E-state index in [4.69, 9.17) is 5.26 Å². The summed E-state index contributed by atoms with van der Waals surface area (Å²) >= 11 is 0. The lowest BCUT2D eigenvalue weighted by Gasteiger charge is -2.02. The van der Waals surface area contributed by atoms with Gasteiger partial charge in [0.25, 0.3) is 0 Å². The average Bonchev–Trinajstić information content (AvgIpc) is 1.98. The summed E-state index contributed by atoms with van der Waals surface area (Å²) in [5.41, 5.74) is 0. The van der Waals surface area contributed by atoms with Gasteiger partial charge in [0.05, 0.1) is 6.07 Å². The topological polar surface area (TPSA) is 40.9 Å².